The van der Waals surface area contributed by atoms with Gasteiger partial charge in [0.05, 0.1) is 15.5 Å². The molecule has 5 heteroatoms. The Balaban J connectivity index is 1.82. The first-order valence-electron chi connectivity index (χ1n) is 10.6. The molecule has 0 aromatic heterocycles. The highest BCUT2D eigenvalue weighted by atomic mass is 32.2. The summed E-state index contributed by atoms with van der Waals surface area (Å²) >= 11 is 6.06. The molecule has 4 aromatic carbocycles. The molecule has 0 spiro atoms. The fourth-order valence-corrected chi connectivity index (χ4v) is 6.62. The van der Waals surface area contributed by atoms with E-state index in [2.05, 4.69) is 5.32 Å². The highest BCUT2D eigenvalue weighted by Crippen LogP contribution is 2.45. The fourth-order valence-electron chi connectivity index (χ4n) is 4.32. The van der Waals surface area contributed by atoms with E-state index in [1.807, 2.05) is 91.0 Å². The van der Waals surface area contributed by atoms with Gasteiger partial charge in [-0.05, 0) is 28.8 Å². The zero-order valence-electron chi connectivity index (χ0n) is 17.7. The van der Waals surface area contributed by atoms with Crippen molar-refractivity contribution in [3.63, 3.8) is 0 Å². The van der Waals surface area contributed by atoms with Gasteiger partial charge in [-0.1, -0.05) is 121 Å². The van der Waals surface area contributed by atoms with E-state index in [9.17, 15) is 8.42 Å². The van der Waals surface area contributed by atoms with Crippen LogP contribution in [0.2, 0.25) is 0 Å². The first kappa shape index (κ1) is 21.3. The molecule has 4 aromatic rings. The predicted molar refractivity (Wildman–Crippen MR) is 136 cm³/mol. The van der Waals surface area contributed by atoms with Crippen LogP contribution in [0.25, 0.3) is 5.70 Å². The maximum absolute atomic E-state index is 14.0. The van der Waals surface area contributed by atoms with Gasteiger partial charge in [-0.25, -0.2) is 8.42 Å². The van der Waals surface area contributed by atoms with E-state index in [4.69, 9.17) is 12.2 Å². The third-order valence-corrected chi connectivity index (χ3v) is 8.36. The van der Waals surface area contributed by atoms with Crippen LogP contribution in [0.3, 0.4) is 0 Å². The number of sulfone groups is 1. The van der Waals surface area contributed by atoms with E-state index in [0.717, 1.165) is 16.7 Å². The van der Waals surface area contributed by atoms with Crippen LogP contribution >= 0.6 is 12.2 Å². The molecule has 0 bridgehead atoms. The van der Waals surface area contributed by atoms with Crippen molar-refractivity contribution in [1.29, 1.82) is 0 Å². The molecule has 1 heterocycles. The largest absolute Gasteiger partial charge is 0.366 e. The van der Waals surface area contributed by atoms with Crippen LogP contribution in [0.15, 0.2) is 131 Å². The molecule has 5 rings (SSSR count). The molecule has 0 atom stereocenters. The van der Waals surface area contributed by atoms with Crippen molar-refractivity contribution in [2.45, 2.75) is 10.4 Å². The van der Waals surface area contributed by atoms with Gasteiger partial charge in [-0.15, -0.1) is 0 Å². The third kappa shape index (κ3) is 3.50. The van der Waals surface area contributed by atoms with E-state index in [-0.39, 0.29) is 9.80 Å². The average Bonchev–Trinajstić information content (AvgIpc) is 3.21. The molecule has 162 valence electrons. The number of benzene rings is 4. The first-order chi connectivity index (χ1) is 16.0. The molecule has 0 aliphatic carbocycles. The summed E-state index contributed by atoms with van der Waals surface area (Å²) in [5.41, 5.74) is 2.04. The zero-order valence-corrected chi connectivity index (χ0v) is 19.3. The summed E-state index contributed by atoms with van der Waals surface area (Å²) in [4.78, 5) is 0.694. The highest BCUT2D eigenvalue weighted by molar-refractivity contribution is 7.98. The SMILES string of the molecule is O=S(=O)(C1=C(c2ccccc2)NC(c2ccccc2)(c2ccccc2)C1=S)c1ccccc1. The average molecular weight is 468 g/mol. The van der Waals surface area contributed by atoms with Gasteiger partial charge in [0.1, 0.15) is 10.4 Å². The van der Waals surface area contributed by atoms with E-state index >= 15 is 0 Å². The second-order valence-electron chi connectivity index (χ2n) is 7.82. The second-order valence-corrected chi connectivity index (χ2v) is 10.1. The van der Waals surface area contributed by atoms with Gasteiger partial charge in [-0.2, -0.15) is 0 Å². The molecule has 0 saturated heterocycles. The van der Waals surface area contributed by atoms with Crippen molar-refractivity contribution >= 4 is 32.6 Å². The Bertz CT molecular complexity index is 1390. The first-order valence-corrected chi connectivity index (χ1v) is 12.5. The summed E-state index contributed by atoms with van der Waals surface area (Å²) in [6.45, 7) is 0. The molecular formula is C28H21NO2S2. The number of thiocarbonyl (C=S) groups is 1. The lowest BCUT2D eigenvalue weighted by atomic mass is 9.81. The number of rotatable bonds is 5. The van der Waals surface area contributed by atoms with Gasteiger partial charge in [0.15, 0.2) is 0 Å². The molecule has 3 nitrogen and oxygen atoms in total. The van der Waals surface area contributed by atoms with Crippen molar-refractivity contribution in [3.05, 3.63) is 143 Å². The molecule has 0 amide bonds. The standard InChI is InChI=1S/C28H21NO2S2/c30-33(31,24-19-11-4-12-20-24)26-25(21-13-5-1-6-14-21)29-28(27(26)32,22-15-7-2-8-16-22)23-17-9-3-10-18-23/h1-20,29H. The summed E-state index contributed by atoms with van der Waals surface area (Å²) < 4.78 is 28.0. The molecule has 0 radical (unpaired) electrons. The fraction of sp³-hybridized carbons (Fsp3) is 0.0357. The summed E-state index contributed by atoms with van der Waals surface area (Å²) in [5.74, 6) is 0. The van der Waals surface area contributed by atoms with Crippen molar-refractivity contribution < 1.29 is 8.42 Å². The lowest BCUT2D eigenvalue weighted by Gasteiger charge is -2.33. The van der Waals surface area contributed by atoms with Crippen LogP contribution in [0.5, 0.6) is 0 Å². The van der Waals surface area contributed by atoms with Gasteiger partial charge in [0.2, 0.25) is 9.84 Å². The summed E-state index contributed by atoms with van der Waals surface area (Å²) in [5, 5.41) is 3.59. The van der Waals surface area contributed by atoms with Crippen molar-refractivity contribution in [3.8, 4) is 0 Å². The van der Waals surface area contributed by atoms with Gasteiger partial charge < -0.3 is 5.32 Å². The molecule has 1 aliphatic rings. The topological polar surface area (TPSA) is 46.2 Å². The predicted octanol–water partition coefficient (Wildman–Crippen LogP) is 5.75. The van der Waals surface area contributed by atoms with Crippen molar-refractivity contribution in [1.82, 2.24) is 5.32 Å². The van der Waals surface area contributed by atoms with Gasteiger partial charge in [0.25, 0.3) is 0 Å². The second kappa shape index (κ2) is 8.43. The maximum Gasteiger partial charge on any atom is 0.209 e. The Kier molecular flexibility index (Phi) is 5.44. The van der Waals surface area contributed by atoms with Crippen molar-refractivity contribution in [2.75, 3.05) is 0 Å². The minimum absolute atomic E-state index is 0.141. The molecular weight excluding hydrogens is 446 g/mol. The minimum Gasteiger partial charge on any atom is -0.366 e. The zero-order chi connectivity index (χ0) is 22.9. The lowest BCUT2D eigenvalue weighted by Crippen LogP contribution is -2.44. The summed E-state index contributed by atoms with van der Waals surface area (Å²) in [6.07, 6.45) is 0. The molecule has 33 heavy (non-hydrogen) atoms. The Hall–Kier alpha value is -3.54. The number of hydrogen-bond donors (Lipinski definition) is 1. The summed E-state index contributed by atoms with van der Waals surface area (Å²) in [7, 11) is -3.90. The molecule has 0 unspecified atom stereocenters. The van der Waals surface area contributed by atoms with E-state index in [1.54, 1.807) is 30.3 Å². The molecule has 1 aliphatic heterocycles. The van der Waals surface area contributed by atoms with E-state index in [1.165, 1.54) is 0 Å². The normalized spacial score (nSPS) is 15.3. The monoisotopic (exact) mass is 467 g/mol. The van der Waals surface area contributed by atoms with E-state index < -0.39 is 15.4 Å². The summed E-state index contributed by atoms with van der Waals surface area (Å²) in [6, 6.07) is 37.5. The van der Waals surface area contributed by atoms with Crippen molar-refractivity contribution in [2.24, 2.45) is 0 Å². The van der Waals surface area contributed by atoms with Crippen LogP contribution in [0.1, 0.15) is 16.7 Å². The molecule has 0 fully saturated rings. The smallest absolute Gasteiger partial charge is 0.209 e. The molecule has 0 saturated carbocycles. The van der Waals surface area contributed by atoms with E-state index in [0.29, 0.717) is 10.6 Å². The van der Waals surface area contributed by atoms with Crippen LogP contribution in [-0.4, -0.2) is 13.3 Å². The maximum atomic E-state index is 14.0. The van der Waals surface area contributed by atoms with Gasteiger partial charge in [0, 0.05) is 0 Å². The van der Waals surface area contributed by atoms with Crippen LogP contribution in [0.4, 0.5) is 0 Å². The van der Waals surface area contributed by atoms with Gasteiger partial charge in [-0.3, -0.25) is 0 Å². The Morgan fingerprint density at radius 2 is 1.03 bits per heavy atom. The quantitative estimate of drug-likeness (QED) is 0.380. The number of nitrogens with one attached hydrogen (secondary N) is 1. The lowest BCUT2D eigenvalue weighted by molar-refractivity contribution is 0.603. The Labute approximate surface area is 199 Å². The Morgan fingerprint density at radius 1 is 0.606 bits per heavy atom. The van der Waals surface area contributed by atoms with Crippen LogP contribution < -0.4 is 5.32 Å². The van der Waals surface area contributed by atoms with Gasteiger partial charge >= 0.3 is 0 Å². The molecule has 1 N–H and O–H groups in total. The Morgan fingerprint density at radius 3 is 1.52 bits per heavy atom. The highest BCUT2D eigenvalue weighted by Gasteiger charge is 2.50. The number of hydrogen-bond acceptors (Lipinski definition) is 4. The third-order valence-electron chi connectivity index (χ3n) is 5.88. The minimum atomic E-state index is -3.90. The van der Waals surface area contributed by atoms with Crippen LogP contribution in [0, 0.1) is 0 Å². The van der Waals surface area contributed by atoms with Crippen LogP contribution in [-0.2, 0) is 15.4 Å².